The highest BCUT2D eigenvalue weighted by molar-refractivity contribution is 5.94. The Hall–Kier alpha value is -3.69. The molecule has 1 amide bonds. The summed E-state index contributed by atoms with van der Waals surface area (Å²) in [6.07, 6.45) is -0.0428. The summed E-state index contributed by atoms with van der Waals surface area (Å²) in [4.78, 5) is 57.1. The predicted molar refractivity (Wildman–Crippen MR) is 122 cm³/mol. The molecular formula is C24H29N3O7. The van der Waals surface area contributed by atoms with Crippen LogP contribution in [0.1, 0.15) is 66.8 Å². The SMILES string of the molecule is COC(=O)c1nc([C@@H]2C[C@H](C)CN2C(=O)OC(C)(C)C)n(C)c(=O)c1OC(=O)c1ccccc1. The summed E-state index contributed by atoms with van der Waals surface area (Å²) in [5.74, 6) is -2.03. The van der Waals surface area contributed by atoms with Crippen LogP contribution in [0.5, 0.6) is 5.75 Å². The van der Waals surface area contributed by atoms with Gasteiger partial charge >= 0.3 is 18.0 Å². The summed E-state index contributed by atoms with van der Waals surface area (Å²) < 4.78 is 16.8. The van der Waals surface area contributed by atoms with Gasteiger partial charge in [-0.1, -0.05) is 25.1 Å². The zero-order chi connectivity index (χ0) is 25.2. The van der Waals surface area contributed by atoms with Crippen molar-refractivity contribution in [2.45, 2.75) is 45.8 Å². The summed E-state index contributed by atoms with van der Waals surface area (Å²) >= 11 is 0. The Morgan fingerprint density at radius 1 is 1.09 bits per heavy atom. The first-order valence-corrected chi connectivity index (χ1v) is 10.9. The smallest absolute Gasteiger partial charge is 0.410 e. The topological polar surface area (TPSA) is 117 Å². The summed E-state index contributed by atoms with van der Waals surface area (Å²) in [7, 11) is 2.58. The van der Waals surface area contributed by atoms with E-state index in [1.54, 1.807) is 39.0 Å². The van der Waals surface area contributed by atoms with Crippen molar-refractivity contribution in [3.05, 3.63) is 57.8 Å². The molecule has 0 radical (unpaired) electrons. The number of carbonyl (C=O) groups is 3. The highest BCUT2D eigenvalue weighted by Crippen LogP contribution is 2.35. The van der Waals surface area contributed by atoms with Crippen molar-refractivity contribution >= 4 is 18.0 Å². The van der Waals surface area contributed by atoms with Gasteiger partial charge in [0.25, 0.3) is 5.56 Å². The third-order valence-corrected chi connectivity index (χ3v) is 5.30. The van der Waals surface area contributed by atoms with Crippen molar-refractivity contribution in [1.29, 1.82) is 0 Å². The van der Waals surface area contributed by atoms with Crippen LogP contribution in [0.3, 0.4) is 0 Å². The van der Waals surface area contributed by atoms with Crippen LogP contribution in [0.15, 0.2) is 35.1 Å². The van der Waals surface area contributed by atoms with E-state index in [1.165, 1.54) is 28.6 Å². The van der Waals surface area contributed by atoms with E-state index in [9.17, 15) is 19.2 Å². The summed E-state index contributed by atoms with van der Waals surface area (Å²) in [6, 6.07) is 7.43. The quantitative estimate of drug-likeness (QED) is 0.625. The van der Waals surface area contributed by atoms with E-state index in [1.807, 2.05) is 6.92 Å². The lowest BCUT2D eigenvalue weighted by Crippen LogP contribution is -2.39. The number of esters is 2. The standard InChI is InChI=1S/C24H29N3O7/c1-14-12-16(27(13-14)23(31)34-24(2,3)4)19-25-17(22(30)32-6)18(20(28)26(19)5)33-21(29)15-10-8-7-9-11-15/h7-11,14,16H,12-13H2,1-6H3/t14-,16-/m0/s1. The summed E-state index contributed by atoms with van der Waals surface area (Å²) in [5.41, 5.74) is -1.70. The minimum Gasteiger partial charge on any atom is -0.464 e. The Labute approximate surface area is 197 Å². The second kappa shape index (κ2) is 9.66. The van der Waals surface area contributed by atoms with E-state index >= 15 is 0 Å². The molecule has 0 aliphatic carbocycles. The average Bonchev–Trinajstić information content (AvgIpc) is 3.17. The molecule has 2 heterocycles. The Kier molecular flexibility index (Phi) is 7.09. The van der Waals surface area contributed by atoms with Crippen LogP contribution >= 0.6 is 0 Å². The van der Waals surface area contributed by atoms with Crippen molar-refractivity contribution in [2.24, 2.45) is 13.0 Å². The Balaban J connectivity index is 2.06. The third kappa shape index (κ3) is 5.27. The Morgan fingerprint density at radius 3 is 2.32 bits per heavy atom. The van der Waals surface area contributed by atoms with Crippen LogP contribution in [-0.2, 0) is 16.5 Å². The van der Waals surface area contributed by atoms with E-state index in [-0.39, 0.29) is 17.3 Å². The molecule has 0 unspecified atom stereocenters. The second-order valence-corrected chi connectivity index (χ2v) is 9.25. The highest BCUT2D eigenvalue weighted by atomic mass is 16.6. The van der Waals surface area contributed by atoms with Gasteiger partial charge in [-0.3, -0.25) is 14.3 Å². The zero-order valence-corrected chi connectivity index (χ0v) is 20.2. The average molecular weight is 472 g/mol. The van der Waals surface area contributed by atoms with Crippen LogP contribution in [0.25, 0.3) is 0 Å². The number of rotatable bonds is 4. The molecule has 0 saturated carbocycles. The van der Waals surface area contributed by atoms with Crippen molar-refractivity contribution in [3.8, 4) is 5.75 Å². The lowest BCUT2D eigenvalue weighted by atomic mass is 10.1. The molecule has 1 aliphatic heterocycles. The molecule has 182 valence electrons. The molecule has 1 saturated heterocycles. The van der Waals surface area contributed by atoms with Crippen molar-refractivity contribution in [1.82, 2.24) is 14.5 Å². The first-order chi connectivity index (χ1) is 15.9. The normalized spacial score (nSPS) is 17.9. The molecule has 1 fully saturated rings. The predicted octanol–water partition coefficient (Wildman–Crippen LogP) is 3.10. The van der Waals surface area contributed by atoms with E-state index < -0.39 is 46.7 Å². The van der Waals surface area contributed by atoms with E-state index in [2.05, 4.69) is 4.98 Å². The van der Waals surface area contributed by atoms with Gasteiger partial charge in [-0.15, -0.1) is 0 Å². The number of hydrogen-bond acceptors (Lipinski definition) is 8. The molecule has 0 N–H and O–H groups in total. The molecule has 2 aromatic rings. The van der Waals surface area contributed by atoms with Gasteiger partial charge < -0.3 is 14.2 Å². The first kappa shape index (κ1) is 24.9. The second-order valence-electron chi connectivity index (χ2n) is 9.25. The molecule has 1 aromatic heterocycles. The lowest BCUT2D eigenvalue weighted by Gasteiger charge is -2.29. The number of amides is 1. The van der Waals surface area contributed by atoms with Gasteiger partial charge in [-0.2, -0.15) is 0 Å². The molecule has 34 heavy (non-hydrogen) atoms. The summed E-state index contributed by atoms with van der Waals surface area (Å²) in [5, 5.41) is 0. The molecule has 1 aliphatic rings. The maximum Gasteiger partial charge on any atom is 0.410 e. The first-order valence-electron chi connectivity index (χ1n) is 10.9. The molecule has 10 heteroatoms. The maximum atomic E-state index is 13.2. The van der Waals surface area contributed by atoms with Crippen molar-refractivity contribution in [3.63, 3.8) is 0 Å². The summed E-state index contributed by atoms with van der Waals surface area (Å²) in [6.45, 7) is 7.65. The number of aromatic nitrogens is 2. The van der Waals surface area contributed by atoms with Crippen LogP contribution in [-0.4, -0.2) is 51.7 Å². The van der Waals surface area contributed by atoms with Gasteiger partial charge in [0.05, 0.1) is 18.7 Å². The van der Waals surface area contributed by atoms with Crippen LogP contribution < -0.4 is 10.3 Å². The molecule has 3 rings (SSSR count). The van der Waals surface area contributed by atoms with Crippen molar-refractivity contribution < 1.29 is 28.6 Å². The molecule has 0 bridgehead atoms. The minimum atomic E-state index is -0.940. The molecule has 0 spiro atoms. The molecule has 1 aromatic carbocycles. The minimum absolute atomic E-state index is 0.103. The van der Waals surface area contributed by atoms with Gasteiger partial charge in [0, 0.05) is 13.6 Å². The van der Waals surface area contributed by atoms with Crippen LogP contribution in [0.4, 0.5) is 4.79 Å². The van der Waals surface area contributed by atoms with E-state index in [4.69, 9.17) is 14.2 Å². The van der Waals surface area contributed by atoms with Gasteiger partial charge in [0.1, 0.15) is 11.4 Å². The Morgan fingerprint density at radius 2 is 1.74 bits per heavy atom. The monoisotopic (exact) mass is 471 g/mol. The number of ether oxygens (including phenoxy) is 3. The highest BCUT2D eigenvalue weighted by Gasteiger charge is 2.40. The fourth-order valence-corrected chi connectivity index (χ4v) is 3.76. The van der Waals surface area contributed by atoms with Gasteiger partial charge in [0.2, 0.25) is 5.75 Å². The number of benzene rings is 1. The number of methoxy groups -OCH3 is 1. The van der Waals surface area contributed by atoms with Gasteiger partial charge in [0.15, 0.2) is 5.69 Å². The van der Waals surface area contributed by atoms with E-state index in [0.717, 1.165) is 7.11 Å². The molecular weight excluding hydrogens is 442 g/mol. The molecule has 2 atom stereocenters. The number of nitrogens with zero attached hydrogens (tertiary/aromatic N) is 3. The zero-order valence-electron chi connectivity index (χ0n) is 20.2. The Bertz CT molecular complexity index is 1150. The molecule has 10 nitrogen and oxygen atoms in total. The van der Waals surface area contributed by atoms with Gasteiger partial charge in [-0.25, -0.2) is 19.4 Å². The van der Waals surface area contributed by atoms with Crippen LogP contribution in [0, 0.1) is 5.92 Å². The lowest BCUT2D eigenvalue weighted by molar-refractivity contribution is 0.0211. The fraction of sp³-hybridized carbons (Fsp3) is 0.458. The van der Waals surface area contributed by atoms with Crippen LogP contribution in [0.2, 0.25) is 0 Å². The number of likely N-dealkylation sites (tertiary alicyclic amines) is 1. The van der Waals surface area contributed by atoms with E-state index in [0.29, 0.717) is 13.0 Å². The fourth-order valence-electron chi connectivity index (χ4n) is 3.76. The number of carbonyl (C=O) groups excluding carboxylic acids is 3. The van der Waals surface area contributed by atoms with Crippen molar-refractivity contribution in [2.75, 3.05) is 13.7 Å². The third-order valence-electron chi connectivity index (χ3n) is 5.30. The largest absolute Gasteiger partial charge is 0.464 e. The van der Waals surface area contributed by atoms with Gasteiger partial charge in [-0.05, 0) is 45.2 Å². The maximum absolute atomic E-state index is 13.2. The number of hydrogen-bond donors (Lipinski definition) is 0.